The number of benzene rings is 2. The van der Waals surface area contributed by atoms with Gasteiger partial charge in [-0.15, -0.1) is 0 Å². The van der Waals surface area contributed by atoms with Gasteiger partial charge in [-0.25, -0.2) is 9.59 Å². The summed E-state index contributed by atoms with van der Waals surface area (Å²) in [4.78, 5) is 25.6. The molecule has 0 N–H and O–H groups in total. The van der Waals surface area contributed by atoms with Gasteiger partial charge in [-0.05, 0) is 16.3 Å². The summed E-state index contributed by atoms with van der Waals surface area (Å²) in [5, 5.41) is 1.85. The number of nitrogens with zero attached hydrogens (tertiary/aromatic N) is 1. The van der Waals surface area contributed by atoms with Crippen molar-refractivity contribution in [3.05, 3.63) is 48.0 Å². The predicted molar refractivity (Wildman–Crippen MR) is 66.8 cm³/mol. The second-order valence-electron chi connectivity index (χ2n) is 3.71. The van der Waals surface area contributed by atoms with Crippen molar-refractivity contribution in [3.63, 3.8) is 0 Å². The molecule has 2 aromatic carbocycles. The van der Waals surface area contributed by atoms with Crippen LogP contribution in [0.1, 0.15) is 11.6 Å². The molecule has 0 aliphatic heterocycles. The van der Waals surface area contributed by atoms with Gasteiger partial charge in [0.1, 0.15) is 0 Å². The molecule has 90 valence electrons. The molecule has 0 fully saturated rings. The Balaban J connectivity index is 2.64. The first-order valence-corrected chi connectivity index (χ1v) is 5.40. The maximum atomic E-state index is 11.7. The number of rotatable bonds is 3. The smallest absolute Gasteiger partial charge is 0.336 e. The van der Waals surface area contributed by atoms with Crippen molar-refractivity contribution in [3.8, 4) is 0 Å². The number of fused-ring (bicyclic) bond motifs is 1. The normalized spacial score (nSPS) is 11.6. The molecule has 0 radical (unpaired) electrons. The molecule has 4 nitrogen and oxygen atoms in total. The first-order chi connectivity index (χ1) is 8.77. The third kappa shape index (κ3) is 2.14. The molecule has 0 heterocycles. The van der Waals surface area contributed by atoms with E-state index < -0.39 is 12.0 Å². The quantitative estimate of drug-likeness (QED) is 0.471. The third-order valence-electron chi connectivity index (χ3n) is 2.72. The van der Waals surface area contributed by atoms with Crippen LogP contribution in [-0.2, 0) is 14.3 Å². The molecule has 0 aliphatic carbocycles. The van der Waals surface area contributed by atoms with Gasteiger partial charge < -0.3 is 4.74 Å². The Bertz CT molecular complexity index is 624. The summed E-state index contributed by atoms with van der Waals surface area (Å²) in [6.07, 6.45) is 1.42. The van der Waals surface area contributed by atoms with Crippen LogP contribution >= 0.6 is 0 Å². The second kappa shape index (κ2) is 5.25. The van der Waals surface area contributed by atoms with Crippen molar-refractivity contribution >= 4 is 22.8 Å². The summed E-state index contributed by atoms with van der Waals surface area (Å²) < 4.78 is 4.66. The molecule has 4 heteroatoms. The van der Waals surface area contributed by atoms with E-state index in [9.17, 15) is 9.59 Å². The zero-order valence-corrected chi connectivity index (χ0v) is 9.79. The maximum Gasteiger partial charge on any atom is 0.336 e. The third-order valence-corrected chi connectivity index (χ3v) is 2.72. The molecule has 0 aliphatic rings. The van der Waals surface area contributed by atoms with Gasteiger partial charge >= 0.3 is 5.97 Å². The monoisotopic (exact) mass is 241 g/mol. The van der Waals surface area contributed by atoms with Crippen LogP contribution in [0.25, 0.3) is 10.8 Å². The Morgan fingerprint density at radius 1 is 1.22 bits per heavy atom. The average molecular weight is 241 g/mol. The van der Waals surface area contributed by atoms with E-state index in [2.05, 4.69) is 9.73 Å². The average Bonchev–Trinajstić information content (AvgIpc) is 2.43. The number of hydrogen-bond acceptors (Lipinski definition) is 4. The number of esters is 1. The molecule has 1 unspecified atom stereocenters. The molecule has 0 saturated carbocycles. The minimum absolute atomic E-state index is 0.574. The largest absolute Gasteiger partial charge is 0.467 e. The van der Waals surface area contributed by atoms with Crippen LogP contribution in [-0.4, -0.2) is 19.2 Å². The SMILES string of the molecule is COC(=O)C(N=C=O)c1cccc2ccccc12. The van der Waals surface area contributed by atoms with Gasteiger partial charge in [0.15, 0.2) is 6.04 Å². The van der Waals surface area contributed by atoms with Crippen LogP contribution < -0.4 is 0 Å². The summed E-state index contributed by atoms with van der Waals surface area (Å²) in [5.74, 6) is -0.574. The lowest BCUT2D eigenvalue weighted by Gasteiger charge is -2.11. The van der Waals surface area contributed by atoms with E-state index in [4.69, 9.17) is 0 Å². The highest BCUT2D eigenvalue weighted by atomic mass is 16.5. The highest BCUT2D eigenvalue weighted by Crippen LogP contribution is 2.27. The van der Waals surface area contributed by atoms with Crippen LogP contribution in [0.2, 0.25) is 0 Å². The van der Waals surface area contributed by atoms with Crippen molar-refractivity contribution in [2.24, 2.45) is 4.99 Å². The molecule has 0 saturated heterocycles. The Kier molecular flexibility index (Phi) is 3.51. The number of carbonyl (C=O) groups is 1. The summed E-state index contributed by atoms with van der Waals surface area (Å²) in [7, 11) is 1.26. The van der Waals surface area contributed by atoms with E-state index >= 15 is 0 Å². The van der Waals surface area contributed by atoms with E-state index in [1.165, 1.54) is 13.2 Å². The summed E-state index contributed by atoms with van der Waals surface area (Å²) >= 11 is 0. The topological polar surface area (TPSA) is 55.7 Å². The summed E-state index contributed by atoms with van der Waals surface area (Å²) in [5.41, 5.74) is 0.642. The molecule has 2 aromatic rings. The van der Waals surface area contributed by atoms with Gasteiger partial charge in [0.25, 0.3) is 0 Å². The highest BCUT2D eigenvalue weighted by molar-refractivity contribution is 5.91. The number of aliphatic imine (C=N–C) groups is 1. The van der Waals surface area contributed by atoms with Crippen LogP contribution in [0, 0.1) is 0 Å². The zero-order valence-electron chi connectivity index (χ0n) is 9.79. The first-order valence-electron chi connectivity index (χ1n) is 5.40. The predicted octanol–water partition coefficient (Wildman–Crippen LogP) is 2.39. The van der Waals surface area contributed by atoms with E-state index in [0.717, 1.165) is 10.8 Å². The van der Waals surface area contributed by atoms with Crippen molar-refractivity contribution in [1.82, 2.24) is 0 Å². The lowest BCUT2D eigenvalue weighted by atomic mass is 9.99. The van der Waals surface area contributed by atoms with Crippen molar-refractivity contribution in [2.45, 2.75) is 6.04 Å². The fraction of sp³-hybridized carbons (Fsp3) is 0.143. The molecule has 0 amide bonds. The number of methoxy groups -OCH3 is 1. The second-order valence-corrected chi connectivity index (χ2v) is 3.71. The number of carbonyl (C=O) groups excluding carboxylic acids is 2. The Morgan fingerprint density at radius 2 is 1.94 bits per heavy atom. The van der Waals surface area contributed by atoms with Crippen LogP contribution in [0.3, 0.4) is 0 Å². The standard InChI is InChI=1S/C14H11NO3/c1-18-14(17)13(15-9-16)12-8-4-6-10-5-2-3-7-11(10)12/h2-8,13H,1H3. The molecule has 18 heavy (non-hydrogen) atoms. The van der Waals surface area contributed by atoms with Gasteiger partial charge in [-0.1, -0.05) is 42.5 Å². The van der Waals surface area contributed by atoms with Gasteiger partial charge in [-0.2, -0.15) is 4.99 Å². The van der Waals surface area contributed by atoms with Crippen molar-refractivity contribution < 1.29 is 14.3 Å². The summed E-state index contributed by atoms with van der Waals surface area (Å²) in [6.45, 7) is 0. The lowest BCUT2D eigenvalue weighted by molar-refractivity contribution is -0.142. The number of isocyanates is 1. The van der Waals surface area contributed by atoms with Crippen LogP contribution in [0.5, 0.6) is 0 Å². The van der Waals surface area contributed by atoms with E-state index in [-0.39, 0.29) is 0 Å². The molecular weight excluding hydrogens is 230 g/mol. The molecule has 0 spiro atoms. The Labute approximate surface area is 104 Å². The highest BCUT2D eigenvalue weighted by Gasteiger charge is 2.22. The molecular formula is C14H11NO3. The number of ether oxygens (including phenoxy) is 1. The molecule has 2 rings (SSSR count). The van der Waals surface area contributed by atoms with Crippen molar-refractivity contribution in [1.29, 1.82) is 0 Å². The Hall–Kier alpha value is -2.45. The Morgan fingerprint density at radius 3 is 2.67 bits per heavy atom. The van der Waals surface area contributed by atoms with E-state index in [1.807, 2.05) is 36.4 Å². The van der Waals surface area contributed by atoms with E-state index in [1.54, 1.807) is 6.07 Å². The molecule has 0 bridgehead atoms. The lowest BCUT2D eigenvalue weighted by Crippen LogP contribution is -2.12. The van der Waals surface area contributed by atoms with Gasteiger partial charge in [0.05, 0.1) is 7.11 Å². The zero-order chi connectivity index (χ0) is 13.0. The fourth-order valence-corrected chi connectivity index (χ4v) is 1.90. The van der Waals surface area contributed by atoms with E-state index in [0.29, 0.717) is 5.56 Å². The minimum Gasteiger partial charge on any atom is -0.467 e. The minimum atomic E-state index is -0.960. The first kappa shape index (κ1) is 12.0. The van der Waals surface area contributed by atoms with Gasteiger partial charge in [0.2, 0.25) is 6.08 Å². The molecule has 0 aromatic heterocycles. The van der Waals surface area contributed by atoms with Gasteiger partial charge in [0, 0.05) is 0 Å². The fourth-order valence-electron chi connectivity index (χ4n) is 1.90. The number of hydrogen-bond donors (Lipinski definition) is 0. The van der Waals surface area contributed by atoms with Crippen LogP contribution in [0.15, 0.2) is 47.5 Å². The van der Waals surface area contributed by atoms with Crippen molar-refractivity contribution in [2.75, 3.05) is 7.11 Å². The van der Waals surface area contributed by atoms with Gasteiger partial charge in [-0.3, -0.25) is 0 Å². The molecule has 1 atom stereocenters. The van der Waals surface area contributed by atoms with Crippen LogP contribution in [0.4, 0.5) is 0 Å². The summed E-state index contributed by atoms with van der Waals surface area (Å²) in [6, 6.07) is 12.1. The maximum absolute atomic E-state index is 11.7.